The average Bonchev–Trinajstić information content (AvgIpc) is 2.79. The molecule has 0 saturated heterocycles. The first kappa shape index (κ1) is 21.0. The predicted molar refractivity (Wildman–Crippen MR) is 116 cm³/mol. The Morgan fingerprint density at radius 2 is 1.97 bits per heavy atom. The van der Waals surface area contributed by atoms with Crippen LogP contribution in [0.4, 0.5) is 0 Å². The number of esters is 1. The van der Waals surface area contributed by atoms with Crippen molar-refractivity contribution < 1.29 is 14.3 Å². The maximum absolute atomic E-state index is 13.3. The smallest absolute Gasteiger partial charge is 0.341 e. The summed E-state index contributed by atoms with van der Waals surface area (Å²) in [6, 6.07) is 6.81. The van der Waals surface area contributed by atoms with Crippen molar-refractivity contribution in [3.63, 3.8) is 0 Å². The van der Waals surface area contributed by atoms with Gasteiger partial charge >= 0.3 is 5.97 Å². The van der Waals surface area contributed by atoms with Crippen molar-refractivity contribution in [3.8, 4) is 0 Å². The van der Waals surface area contributed by atoms with E-state index in [1.807, 2.05) is 10.6 Å². The fraction of sp³-hybridized carbons (Fsp3) is 0.435. The maximum Gasteiger partial charge on any atom is 0.341 e. The van der Waals surface area contributed by atoms with Crippen molar-refractivity contribution in [3.05, 3.63) is 51.9 Å². The zero-order chi connectivity index (χ0) is 22.0. The van der Waals surface area contributed by atoms with Gasteiger partial charge in [0, 0.05) is 18.7 Å². The van der Waals surface area contributed by atoms with E-state index in [1.165, 1.54) is 10.5 Å². The molecule has 0 aliphatic heterocycles. The van der Waals surface area contributed by atoms with Gasteiger partial charge < -0.3 is 9.30 Å². The highest BCUT2D eigenvalue weighted by Crippen LogP contribution is 2.29. The van der Waals surface area contributed by atoms with E-state index in [2.05, 4.69) is 4.99 Å². The highest BCUT2D eigenvalue weighted by molar-refractivity contribution is 5.93. The first-order valence-electron chi connectivity index (χ1n) is 10.9. The van der Waals surface area contributed by atoms with Crippen molar-refractivity contribution in [2.45, 2.75) is 58.4 Å². The van der Waals surface area contributed by atoms with Crippen LogP contribution >= 0.6 is 0 Å². The van der Waals surface area contributed by atoms with E-state index in [-0.39, 0.29) is 41.6 Å². The second kappa shape index (κ2) is 8.83. The molecular formula is C23H26N4O4. The van der Waals surface area contributed by atoms with E-state index in [9.17, 15) is 14.4 Å². The molecule has 1 aliphatic rings. The number of ether oxygens (including phenoxy) is 1. The molecule has 3 aromatic heterocycles. The minimum atomic E-state index is -0.603. The lowest BCUT2D eigenvalue weighted by atomic mass is 9.94. The van der Waals surface area contributed by atoms with E-state index in [4.69, 9.17) is 9.72 Å². The van der Waals surface area contributed by atoms with Gasteiger partial charge in [-0.25, -0.2) is 9.78 Å². The van der Waals surface area contributed by atoms with Crippen molar-refractivity contribution in [2.75, 3.05) is 6.61 Å². The summed E-state index contributed by atoms with van der Waals surface area (Å²) in [6.45, 7) is 3.61. The van der Waals surface area contributed by atoms with Gasteiger partial charge in [-0.1, -0.05) is 32.3 Å². The highest BCUT2D eigenvalue weighted by Gasteiger charge is 2.25. The van der Waals surface area contributed by atoms with Crippen LogP contribution in [0.2, 0.25) is 0 Å². The van der Waals surface area contributed by atoms with Gasteiger partial charge in [-0.2, -0.15) is 4.99 Å². The zero-order valence-electron chi connectivity index (χ0n) is 17.8. The molecule has 1 fully saturated rings. The molecule has 0 unspecified atom stereocenters. The lowest BCUT2D eigenvalue weighted by molar-refractivity contribution is -0.117. The number of amides is 1. The third-order valence-corrected chi connectivity index (χ3v) is 5.70. The minimum Gasteiger partial charge on any atom is -0.462 e. The minimum absolute atomic E-state index is 0.00732. The summed E-state index contributed by atoms with van der Waals surface area (Å²) < 4.78 is 8.54. The molecule has 0 bridgehead atoms. The van der Waals surface area contributed by atoms with E-state index in [0.717, 1.165) is 32.1 Å². The quantitative estimate of drug-likeness (QED) is 0.475. The fourth-order valence-corrected chi connectivity index (χ4v) is 4.20. The highest BCUT2D eigenvalue weighted by atomic mass is 16.5. The topological polar surface area (TPSA) is 95.0 Å². The van der Waals surface area contributed by atoms with Crippen LogP contribution in [0.5, 0.6) is 0 Å². The molecule has 1 saturated carbocycles. The lowest BCUT2D eigenvalue weighted by Crippen LogP contribution is -2.35. The zero-order valence-corrected chi connectivity index (χ0v) is 17.8. The molecule has 8 heteroatoms. The molecule has 0 spiro atoms. The number of hydrogen-bond acceptors (Lipinski definition) is 5. The number of hydrogen-bond donors (Lipinski definition) is 0. The third-order valence-electron chi connectivity index (χ3n) is 5.70. The molecule has 0 aromatic carbocycles. The predicted octanol–water partition coefficient (Wildman–Crippen LogP) is 3.17. The third kappa shape index (κ3) is 3.89. The van der Waals surface area contributed by atoms with Gasteiger partial charge in [-0.05, 0) is 38.0 Å². The van der Waals surface area contributed by atoms with Crippen LogP contribution in [0.1, 0.15) is 68.8 Å². The van der Waals surface area contributed by atoms with Crippen LogP contribution in [-0.2, 0) is 9.53 Å². The second-order valence-electron chi connectivity index (χ2n) is 7.71. The molecular weight excluding hydrogens is 396 g/mol. The molecule has 3 heterocycles. The lowest BCUT2D eigenvalue weighted by Gasteiger charge is -2.26. The SMILES string of the molecule is CCOC(=O)c1cc2c(=O)n3ccccc3nc2n(C2CCCCC2)c1=NC(=O)CC. The van der Waals surface area contributed by atoms with Crippen LogP contribution < -0.4 is 11.0 Å². The van der Waals surface area contributed by atoms with Gasteiger partial charge in [0.05, 0.1) is 12.0 Å². The van der Waals surface area contributed by atoms with Crippen molar-refractivity contribution in [2.24, 2.45) is 4.99 Å². The maximum atomic E-state index is 13.3. The summed E-state index contributed by atoms with van der Waals surface area (Å²) in [5.74, 6) is -0.943. The molecule has 0 atom stereocenters. The Labute approximate surface area is 179 Å². The second-order valence-corrected chi connectivity index (χ2v) is 7.71. The Morgan fingerprint density at radius 1 is 1.19 bits per heavy atom. The number of rotatable bonds is 4. The molecule has 4 rings (SSSR count). The summed E-state index contributed by atoms with van der Waals surface area (Å²) in [6.07, 6.45) is 6.77. The monoisotopic (exact) mass is 422 g/mol. The van der Waals surface area contributed by atoms with Gasteiger partial charge in [0.15, 0.2) is 5.49 Å². The van der Waals surface area contributed by atoms with Gasteiger partial charge in [0.2, 0.25) is 5.91 Å². The van der Waals surface area contributed by atoms with Crippen molar-refractivity contribution in [1.82, 2.24) is 14.0 Å². The van der Waals surface area contributed by atoms with Crippen molar-refractivity contribution >= 4 is 28.6 Å². The Morgan fingerprint density at radius 3 is 2.68 bits per heavy atom. The molecule has 0 N–H and O–H groups in total. The number of nitrogens with zero attached hydrogens (tertiary/aromatic N) is 4. The van der Waals surface area contributed by atoms with Crippen LogP contribution in [0, 0.1) is 0 Å². The summed E-state index contributed by atoms with van der Waals surface area (Å²) in [4.78, 5) is 47.6. The van der Waals surface area contributed by atoms with E-state index in [1.54, 1.807) is 32.2 Å². The molecule has 0 radical (unpaired) electrons. The standard InChI is InChI=1S/C23H26N4O4/c1-3-19(28)25-21-17(23(30)31-4-2)14-16-20(27(21)15-10-6-5-7-11-15)24-18-12-8-9-13-26(18)22(16)29/h8-9,12-15H,3-7,10-11H2,1-2H3. The van der Waals surface area contributed by atoms with Gasteiger partial charge in [-0.15, -0.1) is 0 Å². The van der Waals surface area contributed by atoms with Crippen molar-refractivity contribution in [1.29, 1.82) is 0 Å². The molecule has 162 valence electrons. The summed E-state index contributed by atoms with van der Waals surface area (Å²) >= 11 is 0. The van der Waals surface area contributed by atoms with E-state index in [0.29, 0.717) is 16.7 Å². The number of pyridine rings is 2. The Hall–Kier alpha value is -3.29. The van der Waals surface area contributed by atoms with E-state index < -0.39 is 5.97 Å². The van der Waals surface area contributed by atoms with Crippen LogP contribution in [-0.4, -0.2) is 32.4 Å². The molecule has 1 amide bonds. The number of carbonyl (C=O) groups is 2. The van der Waals surface area contributed by atoms with Crippen LogP contribution in [0.15, 0.2) is 40.2 Å². The van der Waals surface area contributed by atoms with Gasteiger partial charge in [-0.3, -0.25) is 14.0 Å². The summed E-state index contributed by atoms with van der Waals surface area (Å²) in [7, 11) is 0. The van der Waals surface area contributed by atoms with E-state index >= 15 is 0 Å². The number of fused-ring (bicyclic) bond motifs is 2. The fourth-order valence-electron chi connectivity index (χ4n) is 4.20. The first-order chi connectivity index (χ1) is 15.0. The molecule has 1 aliphatic carbocycles. The Bertz CT molecular complexity index is 1280. The Balaban J connectivity index is 2.18. The van der Waals surface area contributed by atoms with Gasteiger partial charge in [0.1, 0.15) is 16.9 Å². The molecule has 3 aromatic rings. The average molecular weight is 422 g/mol. The molecule has 8 nitrogen and oxygen atoms in total. The number of aromatic nitrogens is 3. The summed E-state index contributed by atoms with van der Waals surface area (Å²) in [5.41, 5.74) is 1.03. The largest absolute Gasteiger partial charge is 0.462 e. The first-order valence-corrected chi connectivity index (χ1v) is 10.9. The van der Waals surface area contributed by atoms with Gasteiger partial charge in [0.25, 0.3) is 5.56 Å². The molecule has 31 heavy (non-hydrogen) atoms. The van der Waals surface area contributed by atoms with Crippen LogP contribution in [0.3, 0.4) is 0 Å². The summed E-state index contributed by atoms with van der Waals surface area (Å²) in [5, 5.41) is 0.306. The normalized spacial score (nSPS) is 15.5. The number of carbonyl (C=O) groups excluding carboxylic acids is 2. The van der Waals surface area contributed by atoms with Crippen LogP contribution in [0.25, 0.3) is 16.7 Å². The Kier molecular flexibility index (Phi) is 5.97.